The molecule has 0 bridgehead atoms. The van der Waals surface area contributed by atoms with E-state index in [0.29, 0.717) is 12.1 Å². The standard InChI is InChI=1S/C15H21BrN2O2/c16-14-6-11(3-4-15(14)19)7-17-8-13-9-18-5-1-2-12(18)10-20-13/h3-4,6,12-13,17,19H,1-2,5,7-10H2. The highest BCUT2D eigenvalue weighted by Gasteiger charge is 2.31. The summed E-state index contributed by atoms with van der Waals surface area (Å²) >= 11 is 3.34. The molecule has 2 N–H and O–H groups in total. The van der Waals surface area contributed by atoms with E-state index in [9.17, 15) is 5.11 Å². The van der Waals surface area contributed by atoms with Crippen molar-refractivity contribution in [1.29, 1.82) is 0 Å². The average Bonchev–Trinajstić information content (AvgIpc) is 2.90. The lowest BCUT2D eigenvalue weighted by Crippen LogP contribution is -2.49. The minimum absolute atomic E-state index is 0.282. The molecule has 2 fully saturated rings. The fraction of sp³-hybridized carbons (Fsp3) is 0.600. The van der Waals surface area contributed by atoms with Gasteiger partial charge in [-0.15, -0.1) is 0 Å². The maximum Gasteiger partial charge on any atom is 0.129 e. The summed E-state index contributed by atoms with van der Waals surface area (Å²) in [7, 11) is 0. The van der Waals surface area contributed by atoms with Crippen molar-refractivity contribution < 1.29 is 9.84 Å². The zero-order valence-electron chi connectivity index (χ0n) is 11.5. The molecule has 2 aliphatic heterocycles. The van der Waals surface area contributed by atoms with Gasteiger partial charge in [0.05, 0.1) is 17.2 Å². The molecule has 5 heteroatoms. The molecule has 0 amide bonds. The van der Waals surface area contributed by atoms with Crippen molar-refractivity contribution in [2.75, 3.05) is 26.2 Å². The molecule has 2 saturated heterocycles. The Kier molecular flexibility index (Phi) is 4.61. The Morgan fingerprint density at radius 2 is 2.35 bits per heavy atom. The molecule has 20 heavy (non-hydrogen) atoms. The molecular formula is C15H21BrN2O2. The SMILES string of the molecule is Oc1ccc(CNCC2CN3CCCC3CO2)cc1Br. The molecule has 0 saturated carbocycles. The third-order valence-corrected chi connectivity index (χ3v) is 4.81. The quantitative estimate of drug-likeness (QED) is 0.881. The normalized spacial score (nSPS) is 26.6. The van der Waals surface area contributed by atoms with Crippen LogP contribution >= 0.6 is 15.9 Å². The number of phenols is 1. The van der Waals surface area contributed by atoms with Gasteiger partial charge in [0.15, 0.2) is 0 Å². The second-order valence-electron chi connectivity index (χ2n) is 5.66. The third kappa shape index (κ3) is 3.34. The van der Waals surface area contributed by atoms with Crippen LogP contribution in [0.25, 0.3) is 0 Å². The topological polar surface area (TPSA) is 44.7 Å². The van der Waals surface area contributed by atoms with Crippen molar-refractivity contribution in [2.24, 2.45) is 0 Å². The number of benzene rings is 1. The first-order valence-electron chi connectivity index (χ1n) is 7.26. The smallest absolute Gasteiger partial charge is 0.129 e. The molecule has 1 aromatic rings. The van der Waals surface area contributed by atoms with Crippen molar-refractivity contribution >= 4 is 15.9 Å². The number of hydrogen-bond acceptors (Lipinski definition) is 4. The van der Waals surface area contributed by atoms with Crippen molar-refractivity contribution in [3.8, 4) is 5.75 Å². The van der Waals surface area contributed by atoms with E-state index in [-0.39, 0.29) is 5.75 Å². The van der Waals surface area contributed by atoms with Crippen LogP contribution in [0.3, 0.4) is 0 Å². The third-order valence-electron chi connectivity index (χ3n) is 4.17. The first kappa shape index (κ1) is 14.3. The van der Waals surface area contributed by atoms with Crippen LogP contribution in [0.2, 0.25) is 0 Å². The van der Waals surface area contributed by atoms with Crippen molar-refractivity contribution in [1.82, 2.24) is 10.2 Å². The molecular weight excluding hydrogens is 320 g/mol. The molecule has 4 nitrogen and oxygen atoms in total. The second-order valence-corrected chi connectivity index (χ2v) is 6.52. The number of halogens is 1. The zero-order chi connectivity index (χ0) is 13.9. The van der Waals surface area contributed by atoms with Gasteiger partial charge in [0, 0.05) is 25.7 Å². The van der Waals surface area contributed by atoms with Crippen molar-refractivity contribution in [3.63, 3.8) is 0 Å². The van der Waals surface area contributed by atoms with E-state index in [1.165, 1.54) is 19.4 Å². The molecule has 2 atom stereocenters. The number of morpholine rings is 1. The van der Waals surface area contributed by atoms with Crippen LogP contribution in [0.5, 0.6) is 5.75 Å². The zero-order valence-corrected chi connectivity index (χ0v) is 13.1. The fourth-order valence-electron chi connectivity index (χ4n) is 3.05. The predicted molar refractivity (Wildman–Crippen MR) is 81.8 cm³/mol. The summed E-state index contributed by atoms with van der Waals surface area (Å²) in [6.07, 6.45) is 2.90. The average molecular weight is 341 g/mol. The number of hydrogen-bond donors (Lipinski definition) is 2. The Labute approximate surface area is 128 Å². The van der Waals surface area contributed by atoms with Gasteiger partial charge >= 0.3 is 0 Å². The number of aromatic hydroxyl groups is 1. The fourth-order valence-corrected chi connectivity index (χ4v) is 3.47. The van der Waals surface area contributed by atoms with E-state index in [2.05, 4.69) is 26.1 Å². The molecule has 3 rings (SSSR count). The number of fused-ring (bicyclic) bond motifs is 1. The van der Waals surface area contributed by atoms with Gasteiger partial charge < -0.3 is 15.2 Å². The number of rotatable bonds is 4. The number of phenolic OH excluding ortho intramolecular Hbond substituents is 1. The molecule has 2 aliphatic rings. The lowest BCUT2D eigenvalue weighted by molar-refractivity contribution is -0.0470. The second kappa shape index (κ2) is 6.43. The van der Waals surface area contributed by atoms with Gasteiger partial charge in [0.1, 0.15) is 5.75 Å². The lowest BCUT2D eigenvalue weighted by Gasteiger charge is -2.35. The Morgan fingerprint density at radius 1 is 1.45 bits per heavy atom. The Morgan fingerprint density at radius 3 is 3.20 bits per heavy atom. The molecule has 0 aliphatic carbocycles. The minimum atomic E-state index is 0.282. The summed E-state index contributed by atoms with van der Waals surface area (Å²) < 4.78 is 6.66. The summed E-state index contributed by atoms with van der Waals surface area (Å²) in [6, 6.07) is 6.26. The predicted octanol–water partition coefficient (Wildman–Crippen LogP) is 2.11. The highest BCUT2D eigenvalue weighted by Crippen LogP contribution is 2.24. The Balaban J connectivity index is 1.44. The van der Waals surface area contributed by atoms with Crippen LogP contribution in [-0.4, -0.2) is 48.4 Å². The monoisotopic (exact) mass is 340 g/mol. The maximum atomic E-state index is 9.47. The van der Waals surface area contributed by atoms with E-state index >= 15 is 0 Å². The largest absolute Gasteiger partial charge is 0.507 e. The van der Waals surface area contributed by atoms with Gasteiger partial charge in [-0.3, -0.25) is 4.90 Å². The first-order chi connectivity index (χ1) is 9.72. The van der Waals surface area contributed by atoms with Crippen LogP contribution in [0.1, 0.15) is 18.4 Å². The molecule has 110 valence electrons. The van der Waals surface area contributed by atoms with Crippen LogP contribution in [0.15, 0.2) is 22.7 Å². The maximum absolute atomic E-state index is 9.47. The molecule has 0 radical (unpaired) electrons. The minimum Gasteiger partial charge on any atom is -0.507 e. The van der Waals surface area contributed by atoms with E-state index in [0.717, 1.165) is 36.3 Å². The van der Waals surface area contributed by atoms with E-state index in [1.54, 1.807) is 6.07 Å². The number of nitrogens with zero attached hydrogens (tertiary/aromatic N) is 1. The van der Waals surface area contributed by atoms with Gasteiger partial charge in [0.2, 0.25) is 0 Å². The van der Waals surface area contributed by atoms with Gasteiger partial charge in [-0.25, -0.2) is 0 Å². The molecule has 0 spiro atoms. The summed E-state index contributed by atoms with van der Waals surface area (Å²) in [5.41, 5.74) is 1.16. The Bertz CT molecular complexity index is 469. The van der Waals surface area contributed by atoms with E-state index < -0.39 is 0 Å². The van der Waals surface area contributed by atoms with E-state index in [4.69, 9.17) is 4.74 Å². The number of ether oxygens (including phenoxy) is 1. The molecule has 0 aromatic heterocycles. The van der Waals surface area contributed by atoms with Gasteiger partial charge in [-0.05, 0) is 53.0 Å². The van der Waals surface area contributed by atoms with Crippen LogP contribution < -0.4 is 5.32 Å². The van der Waals surface area contributed by atoms with E-state index in [1.807, 2.05) is 12.1 Å². The van der Waals surface area contributed by atoms with Crippen LogP contribution in [0, 0.1) is 0 Å². The molecule has 1 aromatic carbocycles. The molecule has 2 unspecified atom stereocenters. The summed E-state index contributed by atoms with van der Waals surface area (Å²) in [5.74, 6) is 0.282. The van der Waals surface area contributed by atoms with Crippen molar-refractivity contribution in [3.05, 3.63) is 28.2 Å². The van der Waals surface area contributed by atoms with Gasteiger partial charge in [-0.1, -0.05) is 6.07 Å². The van der Waals surface area contributed by atoms with Crippen molar-refractivity contribution in [2.45, 2.75) is 31.5 Å². The highest BCUT2D eigenvalue weighted by molar-refractivity contribution is 9.10. The summed E-state index contributed by atoms with van der Waals surface area (Å²) in [6.45, 7) is 4.84. The summed E-state index contributed by atoms with van der Waals surface area (Å²) in [4.78, 5) is 2.56. The van der Waals surface area contributed by atoms with Crippen LogP contribution in [0.4, 0.5) is 0 Å². The summed E-state index contributed by atoms with van der Waals surface area (Å²) in [5, 5.41) is 12.9. The van der Waals surface area contributed by atoms with Gasteiger partial charge in [0.25, 0.3) is 0 Å². The Hall–Kier alpha value is -0.620. The number of nitrogens with one attached hydrogen (secondary N) is 1. The highest BCUT2D eigenvalue weighted by atomic mass is 79.9. The lowest BCUT2D eigenvalue weighted by atomic mass is 10.2. The van der Waals surface area contributed by atoms with Gasteiger partial charge in [-0.2, -0.15) is 0 Å². The molecule has 2 heterocycles. The van der Waals surface area contributed by atoms with Crippen LogP contribution in [-0.2, 0) is 11.3 Å². The first-order valence-corrected chi connectivity index (χ1v) is 8.05.